The normalized spacial score (nSPS) is 10.4. The number of ketones is 1. The molecule has 0 heterocycles. The predicted molar refractivity (Wildman–Crippen MR) is 63.1 cm³/mol. The molecule has 15 heavy (non-hydrogen) atoms. The first-order chi connectivity index (χ1) is 6.45. The Hall–Kier alpha value is 0.140. The van der Waals surface area contributed by atoms with Crippen molar-refractivity contribution in [2.75, 3.05) is 0 Å². The first kappa shape index (κ1) is 20.5. The molecule has 0 rings (SSSR count). The number of carboxylic acid groups (broad SMARTS) is 1. The van der Waals surface area contributed by atoms with Crippen LogP contribution in [0.25, 0.3) is 0 Å². The Balaban J connectivity index is -0.000000249. The number of Topliss-reactive ketones (excluding diaryl/α,β-unsaturated/α-hetero) is 1. The van der Waals surface area contributed by atoms with E-state index in [9.17, 15) is 9.59 Å². The van der Waals surface area contributed by atoms with Crippen molar-refractivity contribution in [1.82, 2.24) is 0 Å². The largest absolute Gasteiger partial charge is 0.481 e. The molecule has 0 aromatic heterocycles. The number of carbonyl (C=O) groups is 2. The Morgan fingerprint density at radius 1 is 1.20 bits per heavy atom. The van der Waals surface area contributed by atoms with Crippen molar-refractivity contribution in [2.45, 2.75) is 53.4 Å². The Bertz CT molecular complexity index is 165. The summed E-state index contributed by atoms with van der Waals surface area (Å²) >= 11 is 0. The summed E-state index contributed by atoms with van der Waals surface area (Å²) < 4.78 is 0. The van der Waals surface area contributed by atoms with Crippen LogP contribution in [0.2, 0.25) is 0 Å². The number of carbonyl (C=O) groups excluding carboxylic acids is 1. The minimum Gasteiger partial charge on any atom is -0.481 e. The number of unbranched alkanes of at least 4 members (excludes halogenated alkanes) is 1. The van der Waals surface area contributed by atoms with Gasteiger partial charge in [0.25, 0.3) is 0 Å². The quantitative estimate of drug-likeness (QED) is 0.731. The first-order valence-corrected chi connectivity index (χ1v) is 5.15. The maximum atomic E-state index is 10.4. The fourth-order valence-corrected chi connectivity index (χ4v) is 0.953. The number of aliphatic carboxylic acids is 1. The molecule has 1 N–H and O–H groups in total. The maximum absolute atomic E-state index is 10.4. The zero-order chi connectivity index (χ0) is 11.6. The van der Waals surface area contributed by atoms with E-state index in [0.717, 1.165) is 25.7 Å². The van der Waals surface area contributed by atoms with Gasteiger partial charge in [-0.2, -0.15) is 0 Å². The molecule has 0 aromatic carbocycles. The molecular weight excluding hydrogens is 203 g/mol. The van der Waals surface area contributed by atoms with Crippen LogP contribution in [0.5, 0.6) is 0 Å². The van der Waals surface area contributed by atoms with E-state index in [1.807, 2.05) is 6.92 Å². The van der Waals surface area contributed by atoms with E-state index in [1.54, 1.807) is 0 Å². The fraction of sp³-hybridized carbons (Fsp3) is 0.818. The Morgan fingerprint density at radius 2 is 1.60 bits per heavy atom. The second kappa shape index (κ2) is 14.1. The zero-order valence-electron chi connectivity index (χ0n) is 10.7. The van der Waals surface area contributed by atoms with Crippen LogP contribution in [0, 0.1) is 5.92 Å². The van der Waals surface area contributed by atoms with E-state index in [2.05, 4.69) is 6.92 Å². The van der Waals surface area contributed by atoms with Crippen LogP contribution in [0.15, 0.2) is 0 Å². The van der Waals surface area contributed by atoms with Gasteiger partial charge >= 0.3 is 5.97 Å². The predicted octanol–water partition coefficient (Wildman–Crippen LogP) is 2.50. The second-order valence-electron chi connectivity index (χ2n) is 3.49. The zero-order valence-corrected chi connectivity index (χ0v) is 12.7. The molecule has 0 bridgehead atoms. The summed E-state index contributed by atoms with van der Waals surface area (Å²) in [6.45, 7) is 7.06. The van der Waals surface area contributed by atoms with E-state index in [0.29, 0.717) is 0 Å². The number of rotatable bonds is 5. The van der Waals surface area contributed by atoms with Crippen LogP contribution in [-0.2, 0) is 9.59 Å². The molecule has 0 fully saturated rings. The molecule has 1 unspecified atom stereocenters. The van der Waals surface area contributed by atoms with Gasteiger partial charge in [0.05, 0.1) is 5.92 Å². The van der Waals surface area contributed by atoms with Crippen molar-refractivity contribution in [3.8, 4) is 0 Å². The molecule has 1 atom stereocenters. The van der Waals surface area contributed by atoms with Crippen LogP contribution in [-0.4, -0.2) is 46.4 Å². The van der Waals surface area contributed by atoms with E-state index >= 15 is 0 Å². The van der Waals surface area contributed by atoms with Crippen LogP contribution in [0.1, 0.15) is 53.4 Å². The summed E-state index contributed by atoms with van der Waals surface area (Å²) in [6.07, 6.45) is 3.71. The monoisotopic (exact) mass is 225 g/mol. The molecule has 0 spiro atoms. The summed E-state index contributed by atoms with van der Waals surface area (Å²) in [6, 6.07) is 0. The average Bonchev–Trinajstić information content (AvgIpc) is 2.04. The topological polar surface area (TPSA) is 54.4 Å². The minimum absolute atomic E-state index is 0. The molecule has 4 heteroatoms. The van der Waals surface area contributed by atoms with Gasteiger partial charge in [-0.1, -0.05) is 26.7 Å². The second-order valence-corrected chi connectivity index (χ2v) is 3.49. The Labute approximate surface area is 115 Å². The van der Waals surface area contributed by atoms with E-state index in [4.69, 9.17) is 5.11 Å². The van der Waals surface area contributed by atoms with Gasteiger partial charge in [0, 0.05) is 29.6 Å². The third-order valence-corrected chi connectivity index (χ3v) is 1.75. The molecule has 0 amide bonds. The van der Waals surface area contributed by atoms with E-state index in [1.165, 1.54) is 13.8 Å². The molecule has 3 nitrogen and oxygen atoms in total. The van der Waals surface area contributed by atoms with Crippen LogP contribution < -0.4 is 0 Å². The van der Waals surface area contributed by atoms with Gasteiger partial charge in [0.1, 0.15) is 5.78 Å². The van der Waals surface area contributed by atoms with Crippen molar-refractivity contribution in [3.63, 3.8) is 0 Å². The van der Waals surface area contributed by atoms with Gasteiger partial charge in [-0.3, -0.25) is 4.79 Å². The summed E-state index contributed by atoms with van der Waals surface area (Å²) in [7, 11) is 0. The summed E-state index contributed by atoms with van der Waals surface area (Å²) in [5, 5.41) is 8.60. The minimum atomic E-state index is -0.643. The van der Waals surface area contributed by atoms with E-state index in [-0.39, 0.29) is 41.3 Å². The molecule has 0 saturated carbocycles. The van der Waals surface area contributed by atoms with Gasteiger partial charge < -0.3 is 9.90 Å². The summed E-state index contributed by atoms with van der Waals surface area (Å²) in [5.74, 6) is -0.587. The van der Waals surface area contributed by atoms with Crippen molar-refractivity contribution in [3.05, 3.63) is 0 Å². The third-order valence-electron chi connectivity index (χ3n) is 1.75. The number of hydrogen-bond donors (Lipinski definition) is 1. The number of hydrogen-bond acceptors (Lipinski definition) is 2. The molecule has 0 saturated heterocycles. The van der Waals surface area contributed by atoms with Crippen LogP contribution >= 0.6 is 0 Å². The van der Waals surface area contributed by atoms with Gasteiger partial charge in [0.2, 0.25) is 0 Å². The average molecular weight is 225 g/mol. The summed E-state index contributed by atoms with van der Waals surface area (Å²) in [4.78, 5) is 19.9. The van der Waals surface area contributed by atoms with Crippen LogP contribution in [0.3, 0.4) is 0 Å². The standard InChI is InChI=1S/C8H16O2.C3H6O.Na/c1-3-5-6-7(4-2)8(9)10;1-3(2)4;/h7H,3-6H2,1-2H3,(H,9,10);1-2H3;. The fourth-order valence-electron chi connectivity index (χ4n) is 0.953. The Morgan fingerprint density at radius 3 is 1.80 bits per heavy atom. The third kappa shape index (κ3) is 20.3. The molecule has 85 valence electrons. The molecule has 0 aliphatic rings. The van der Waals surface area contributed by atoms with Crippen LogP contribution in [0.4, 0.5) is 0 Å². The van der Waals surface area contributed by atoms with E-state index < -0.39 is 5.97 Å². The first-order valence-electron chi connectivity index (χ1n) is 5.15. The van der Waals surface area contributed by atoms with Gasteiger partial charge in [0.15, 0.2) is 0 Å². The SMILES string of the molecule is CC(C)=O.CCCCC(CC)C(=O)O.[Na]. The molecule has 0 aromatic rings. The smallest absolute Gasteiger partial charge is 0.306 e. The van der Waals surface area contributed by atoms with Crippen molar-refractivity contribution in [2.24, 2.45) is 5.92 Å². The Kier molecular flexibility index (Phi) is 19.4. The summed E-state index contributed by atoms with van der Waals surface area (Å²) in [5.41, 5.74) is 0. The number of carboxylic acids is 1. The molecule has 1 radical (unpaired) electrons. The van der Waals surface area contributed by atoms with Crippen molar-refractivity contribution < 1.29 is 14.7 Å². The van der Waals surface area contributed by atoms with Gasteiger partial charge in [-0.05, 0) is 26.7 Å². The van der Waals surface area contributed by atoms with Crippen molar-refractivity contribution in [1.29, 1.82) is 0 Å². The molecular formula is C11H22NaO3. The molecule has 0 aliphatic heterocycles. The van der Waals surface area contributed by atoms with Gasteiger partial charge in [-0.25, -0.2) is 0 Å². The molecule has 0 aliphatic carbocycles. The van der Waals surface area contributed by atoms with Crippen molar-refractivity contribution >= 4 is 41.3 Å². The maximum Gasteiger partial charge on any atom is 0.306 e. The van der Waals surface area contributed by atoms with Gasteiger partial charge in [-0.15, -0.1) is 0 Å².